The molecule has 0 N–H and O–H groups in total. The van der Waals surface area contributed by atoms with E-state index in [2.05, 4.69) is 20.8 Å². The Bertz CT molecular complexity index is 987. The van der Waals surface area contributed by atoms with E-state index >= 15 is 0 Å². The molecule has 0 unspecified atom stereocenters. The maximum atomic E-state index is 12.5. The van der Waals surface area contributed by atoms with Crippen LogP contribution in [-0.2, 0) is 10.1 Å². The highest BCUT2D eigenvalue weighted by atomic mass is 32.2. The summed E-state index contributed by atoms with van der Waals surface area (Å²) >= 11 is 0. The monoisotopic (exact) mass is 1040 g/mol. The van der Waals surface area contributed by atoms with Gasteiger partial charge < -0.3 is 9.04 Å². The molecule has 4 nitrogen and oxygen atoms in total. The second-order valence-electron chi connectivity index (χ2n) is 24.4. The van der Waals surface area contributed by atoms with Crippen LogP contribution in [0.3, 0.4) is 0 Å². The Hall–Kier alpha value is -0.130. The molecule has 0 saturated carbocycles. The summed E-state index contributed by atoms with van der Waals surface area (Å²) in [7, 11) is -4.29. The summed E-state index contributed by atoms with van der Waals surface area (Å²) in [5.74, 6) is -0.190. The minimum atomic E-state index is -4.29. The van der Waals surface area contributed by atoms with Crippen molar-refractivity contribution in [1.82, 2.24) is 0 Å². The van der Waals surface area contributed by atoms with E-state index in [1.54, 1.807) is 0 Å². The molecule has 0 aliphatic rings. The molecule has 0 aromatic carbocycles. The van der Waals surface area contributed by atoms with Crippen LogP contribution in [0.5, 0.6) is 0 Å². The third-order valence-electron chi connectivity index (χ3n) is 16.9. The molecule has 5 heteroatoms. The lowest BCUT2D eigenvalue weighted by molar-refractivity contribution is -0.918. The molecule has 0 aromatic rings. The molecule has 0 rings (SSSR count). The average Bonchev–Trinajstić information content (AvgIpc) is 3.36. The van der Waals surface area contributed by atoms with Crippen molar-refractivity contribution >= 4 is 10.1 Å². The molecule has 0 heterocycles. The van der Waals surface area contributed by atoms with Crippen LogP contribution < -0.4 is 0 Å². The van der Waals surface area contributed by atoms with Gasteiger partial charge in [-0.25, -0.2) is 8.42 Å². The number of hydrogen-bond acceptors (Lipinski definition) is 3. The van der Waals surface area contributed by atoms with E-state index in [1.807, 2.05) is 0 Å². The van der Waals surface area contributed by atoms with E-state index in [9.17, 15) is 13.0 Å². The minimum Gasteiger partial charge on any atom is -0.744 e. The zero-order chi connectivity index (χ0) is 52.3. The van der Waals surface area contributed by atoms with Gasteiger partial charge in [0.05, 0.1) is 19.6 Å². The molecular formula is C67H137NO3S. The Morgan fingerprint density at radius 3 is 0.431 bits per heavy atom. The zero-order valence-corrected chi connectivity index (χ0v) is 51.2. The molecule has 0 atom stereocenters. The Labute approximate surface area is 456 Å². The third-order valence-corrected chi connectivity index (χ3v) is 17.8. The Morgan fingerprint density at radius 1 is 0.208 bits per heavy atom. The van der Waals surface area contributed by atoms with Gasteiger partial charge in [0.15, 0.2) is 5.88 Å². The molecule has 0 radical (unpaired) electrons. The molecule has 0 aromatic heterocycles. The lowest BCUT2D eigenvalue weighted by Crippen LogP contribution is -2.53. The number of unbranched alkanes of at least 4 members (excludes halogenated alkanes) is 57. The summed E-state index contributed by atoms with van der Waals surface area (Å²) in [6.45, 7) is 9.53. The Kier molecular flexibility index (Phi) is 60.0. The fraction of sp³-hybridized carbons (Fsp3) is 1.00. The van der Waals surface area contributed by atoms with Crippen molar-refractivity contribution in [3.63, 3.8) is 0 Å². The Balaban J connectivity index is 4.47. The average molecular weight is 1040 g/mol. The fourth-order valence-corrected chi connectivity index (χ4v) is 13.0. The Morgan fingerprint density at radius 2 is 0.319 bits per heavy atom. The van der Waals surface area contributed by atoms with Crippen LogP contribution in [-0.4, -0.2) is 43.0 Å². The first-order chi connectivity index (χ1) is 35.4. The van der Waals surface area contributed by atoms with Crippen molar-refractivity contribution in [3.05, 3.63) is 0 Å². The molecule has 434 valence electrons. The number of quaternary nitrogens is 1. The van der Waals surface area contributed by atoms with E-state index in [0.717, 1.165) is 38.9 Å². The zero-order valence-electron chi connectivity index (χ0n) is 50.3. The van der Waals surface area contributed by atoms with Crippen LogP contribution in [0.1, 0.15) is 406 Å². The molecule has 0 saturated heterocycles. The van der Waals surface area contributed by atoms with Gasteiger partial charge in [0.25, 0.3) is 0 Å². The molecule has 0 aliphatic heterocycles. The van der Waals surface area contributed by atoms with Crippen molar-refractivity contribution in [2.75, 3.05) is 25.5 Å². The van der Waals surface area contributed by atoms with Crippen molar-refractivity contribution in [2.24, 2.45) is 0 Å². The molecule has 72 heavy (non-hydrogen) atoms. The smallest absolute Gasteiger partial charge is 0.169 e. The van der Waals surface area contributed by atoms with Crippen LogP contribution in [0.25, 0.3) is 0 Å². The van der Waals surface area contributed by atoms with E-state index in [1.165, 1.54) is 366 Å². The lowest BCUT2D eigenvalue weighted by Gasteiger charge is -2.39. The van der Waals surface area contributed by atoms with Gasteiger partial charge in [-0.15, -0.1) is 0 Å². The lowest BCUT2D eigenvalue weighted by atomic mass is 10.0. The van der Waals surface area contributed by atoms with Gasteiger partial charge in [0.2, 0.25) is 0 Å². The van der Waals surface area contributed by atoms with Gasteiger partial charge in [0.1, 0.15) is 10.1 Å². The number of nitrogens with zero attached hydrogens (tertiary/aromatic N) is 1. The quantitative estimate of drug-likeness (QED) is 0.0346. The predicted octanol–water partition coefficient (Wildman–Crippen LogP) is 23.8. The van der Waals surface area contributed by atoms with Gasteiger partial charge in [-0.1, -0.05) is 367 Å². The van der Waals surface area contributed by atoms with Crippen molar-refractivity contribution in [2.45, 2.75) is 406 Å². The van der Waals surface area contributed by atoms with Gasteiger partial charge in [-0.3, -0.25) is 0 Å². The van der Waals surface area contributed by atoms with Gasteiger partial charge in [-0.05, 0) is 38.5 Å². The summed E-state index contributed by atoms with van der Waals surface area (Å²) in [5, 5.41) is 0. The number of rotatable bonds is 65. The van der Waals surface area contributed by atoms with Crippen LogP contribution in [0.4, 0.5) is 0 Å². The van der Waals surface area contributed by atoms with Crippen molar-refractivity contribution < 1.29 is 17.5 Å². The highest BCUT2D eigenvalue weighted by Crippen LogP contribution is 2.22. The van der Waals surface area contributed by atoms with Crippen molar-refractivity contribution in [1.29, 1.82) is 0 Å². The van der Waals surface area contributed by atoms with E-state index in [-0.39, 0.29) is 5.88 Å². The molecule has 0 aliphatic carbocycles. The van der Waals surface area contributed by atoms with Crippen LogP contribution in [0.15, 0.2) is 0 Å². The molecule has 0 fully saturated rings. The maximum Gasteiger partial charge on any atom is 0.169 e. The maximum absolute atomic E-state index is 12.5. The standard InChI is InChI=1S/C67H137NO3S/c1-4-7-10-13-16-19-22-25-28-31-34-37-40-43-46-49-52-55-58-61-64-68(67-72(69,70)71,65-62-59-56-53-50-47-44-41-38-35-32-29-26-23-20-17-14-11-8-5-2)66-63-60-57-54-51-48-45-42-39-36-33-30-27-24-21-18-15-12-9-6-3/h4-67H2,1-3H3. The van der Waals surface area contributed by atoms with E-state index in [4.69, 9.17) is 0 Å². The molecule has 0 amide bonds. The second-order valence-corrected chi connectivity index (χ2v) is 25.7. The highest BCUT2D eigenvalue weighted by molar-refractivity contribution is 7.85. The molecular weight excluding hydrogens is 899 g/mol. The first-order valence-electron chi connectivity index (χ1n) is 34.2. The summed E-state index contributed by atoms with van der Waals surface area (Å²) in [6.07, 6.45) is 82.3. The third kappa shape index (κ3) is 59.1. The SMILES string of the molecule is CCCCCCCCCCCCCCCCCCCCCC[N+](CCCCCCCCCCCCCCCCCCCCCC)(CCCCCCCCCCCCCCCCCCCCCC)CS(=O)(=O)[O-]. The first kappa shape index (κ1) is 71.9. The summed E-state index contributed by atoms with van der Waals surface area (Å²) < 4.78 is 38.0. The van der Waals surface area contributed by atoms with Gasteiger partial charge in [0, 0.05) is 0 Å². The largest absolute Gasteiger partial charge is 0.744 e. The van der Waals surface area contributed by atoms with E-state index < -0.39 is 10.1 Å². The van der Waals surface area contributed by atoms with Crippen LogP contribution >= 0.6 is 0 Å². The normalized spacial score (nSPS) is 12.2. The second kappa shape index (κ2) is 60.1. The van der Waals surface area contributed by atoms with Gasteiger partial charge >= 0.3 is 0 Å². The first-order valence-corrected chi connectivity index (χ1v) is 35.8. The van der Waals surface area contributed by atoms with Crippen LogP contribution in [0.2, 0.25) is 0 Å². The van der Waals surface area contributed by atoms with Gasteiger partial charge in [-0.2, -0.15) is 0 Å². The van der Waals surface area contributed by atoms with E-state index in [0.29, 0.717) is 4.48 Å². The summed E-state index contributed by atoms with van der Waals surface area (Å²) in [5.41, 5.74) is 0. The summed E-state index contributed by atoms with van der Waals surface area (Å²) in [4.78, 5) is 0. The fourth-order valence-electron chi connectivity index (χ4n) is 12.0. The number of hydrogen-bond donors (Lipinski definition) is 0. The minimum absolute atomic E-state index is 0.190. The van der Waals surface area contributed by atoms with Crippen LogP contribution in [0, 0.1) is 0 Å². The topological polar surface area (TPSA) is 57.2 Å². The van der Waals surface area contributed by atoms with Crippen molar-refractivity contribution in [3.8, 4) is 0 Å². The summed E-state index contributed by atoms with van der Waals surface area (Å²) in [6, 6.07) is 0. The predicted molar refractivity (Wildman–Crippen MR) is 323 cm³/mol. The molecule has 0 bridgehead atoms. The highest BCUT2D eigenvalue weighted by Gasteiger charge is 2.29. The molecule has 0 spiro atoms.